The average Bonchev–Trinajstić information content (AvgIpc) is 3.04. The van der Waals surface area contributed by atoms with Crippen LogP contribution in [-0.4, -0.2) is 69.3 Å². The van der Waals surface area contributed by atoms with Crippen molar-refractivity contribution in [3.8, 4) is 0 Å². The van der Waals surface area contributed by atoms with E-state index < -0.39 is 0 Å². The number of ether oxygens (including phenoxy) is 1. The van der Waals surface area contributed by atoms with Gasteiger partial charge in [-0.15, -0.1) is 15.3 Å². The van der Waals surface area contributed by atoms with Crippen LogP contribution >= 0.6 is 0 Å². The number of hydrogen-bond donors (Lipinski definition) is 0. The van der Waals surface area contributed by atoms with Crippen molar-refractivity contribution in [2.45, 2.75) is 32.2 Å². The van der Waals surface area contributed by atoms with Gasteiger partial charge in [0.1, 0.15) is 11.6 Å². The maximum absolute atomic E-state index is 5.43. The molecule has 0 saturated carbocycles. The van der Waals surface area contributed by atoms with Gasteiger partial charge in [0.15, 0.2) is 5.82 Å². The number of morpholine rings is 1. The van der Waals surface area contributed by atoms with Crippen molar-refractivity contribution in [1.29, 1.82) is 0 Å². The topological polar surface area (TPSA) is 72.2 Å². The Balaban J connectivity index is 1.45. The van der Waals surface area contributed by atoms with E-state index in [-0.39, 0.29) is 0 Å². The second kappa shape index (κ2) is 7.67. The van der Waals surface area contributed by atoms with Crippen LogP contribution in [-0.2, 0) is 18.3 Å². The molecular formula is C18H27N7O. The molecule has 26 heavy (non-hydrogen) atoms. The van der Waals surface area contributed by atoms with Gasteiger partial charge in [0.2, 0.25) is 0 Å². The first-order valence-electron chi connectivity index (χ1n) is 9.44. The monoisotopic (exact) mass is 357 g/mol. The van der Waals surface area contributed by atoms with Crippen LogP contribution in [0.2, 0.25) is 0 Å². The van der Waals surface area contributed by atoms with Crippen molar-refractivity contribution in [3.63, 3.8) is 0 Å². The number of rotatable bonds is 4. The smallest absolute Gasteiger partial charge is 0.151 e. The first-order chi connectivity index (χ1) is 12.7. The fourth-order valence-corrected chi connectivity index (χ4v) is 3.78. The van der Waals surface area contributed by atoms with E-state index in [2.05, 4.69) is 47.9 Å². The summed E-state index contributed by atoms with van der Waals surface area (Å²) in [5.74, 6) is 3.45. The summed E-state index contributed by atoms with van der Waals surface area (Å²) in [6.45, 7) is 8.28. The molecule has 2 aliphatic heterocycles. The third-order valence-electron chi connectivity index (χ3n) is 5.36. The van der Waals surface area contributed by atoms with Gasteiger partial charge in [0.05, 0.1) is 25.5 Å². The Hall–Kier alpha value is -2.06. The lowest BCUT2D eigenvalue weighted by molar-refractivity contribution is 0.0326. The third-order valence-corrected chi connectivity index (χ3v) is 5.36. The molecule has 2 aromatic heterocycles. The van der Waals surface area contributed by atoms with E-state index in [9.17, 15) is 0 Å². The maximum atomic E-state index is 5.43. The predicted molar refractivity (Wildman–Crippen MR) is 98.1 cm³/mol. The molecule has 8 nitrogen and oxygen atoms in total. The normalized spacial score (nSPS) is 21.9. The van der Waals surface area contributed by atoms with Crippen molar-refractivity contribution < 1.29 is 4.74 Å². The van der Waals surface area contributed by atoms with Crippen LogP contribution in [0.25, 0.3) is 0 Å². The summed E-state index contributed by atoms with van der Waals surface area (Å²) >= 11 is 0. The number of piperidine rings is 1. The van der Waals surface area contributed by atoms with Gasteiger partial charge in [-0.25, -0.2) is 0 Å². The molecule has 0 spiro atoms. The summed E-state index contributed by atoms with van der Waals surface area (Å²) in [5.41, 5.74) is 0.948. The highest BCUT2D eigenvalue weighted by Crippen LogP contribution is 2.28. The van der Waals surface area contributed by atoms with Crippen LogP contribution in [0.15, 0.2) is 12.1 Å². The quantitative estimate of drug-likeness (QED) is 0.812. The summed E-state index contributed by atoms with van der Waals surface area (Å²) in [6, 6.07) is 4.08. The Kier molecular flexibility index (Phi) is 5.12. The van der Waals surface area contributed by atoms with E-state index in [1.165, 1.54) is 0 Å². The zero-order chi connectivity index (χ0) is 17.9. The van der Waals surface area contributed by atoms with Gasteiger partial charge in [0.25, 0.3) is 0 Å². The minimum absolute atomic E-state index is 0.378. The first-order valence-corrected chi connectivity index (χ1v) is 9.44. The van der Waals surface area contributed by atoms with Crippen LogP contribution in [0.3, 0.4) is 0 Å². The van der Waals surface area contributed by atoms with Gasteiger partial charge < -0.3 is 14.2 Å². The van der Waals surface area contributed by atoms with Crippen LogP contribution < -0.4 is 4.90 Å². The Morgan fingerprint density at radius 2 is 1.92 bits per heavy atom. The molecule has 4 heterocycles. The van der Waals surface area contributed by atoms with Crippen molar-refractivity contribution in [2.24, 2.45) is 7.05 Å². The van der Waals surface area contributed by atoms with Gasteiger partial charge >= 0.3 is 0 Å². The highest BCUT2D eigenvalue weighted by atomic mass is 16.5. The molecule has 0 aromatic carbocycles. The molecule has 0 aliphatic carbocycles. The van der Waals surface area contributed by atoms with E-state index in [1.54, 1.807) is 0 Å². The van der Waals surface area contributed by atoms with Crippen LogP contribution in [0.1, 0.15) is 36.1 Å². The van der Waals surface area contributed by atoms with E-state index in [0.717, 1.165) is 81.9 Å². The second-order valence-corrected chi connectivity index (χ2v) is 7.24. The molecular weight excluding hydrogens is 330 g/mol. The summed E-state index contributed by atoms with van der Waals surface area (Å²) in [7, 11) is 2.09. The van der Waals surface area contributed by atoms with Crippen molar-refractivity contribution in [1.82, 2.24) is 29.9 Å². The maximum Gasteiger partial charge on any atom is 0.151 e. The third kappa shape index (κ3) is 3.71. The number of aromatic nitrogens is 5. The molecule has 2 fully saturated rings. The van der Waals surface area contributed by atoms with Gasteiger partial charge in [-0.1, -0.05) is 0 Å². The van der Waals surface area contributed by atoms with Crippen LogP contribution in [0.4, 0.5) is 5.82 Å². The largest absolute Gasteiger partial charge is 0.379 e. The molecule has 2 saturated heterocycles. The highest BCUT2D eigenvalue weighted by Gasteiger charge is 2.27. The highest BCUT2D eigenvalue weighted by molar-refractivity contribution is 5.38. The Bertz CT molecular complexity index is 724. The zero-order valence-electron chi connectivity index (χ0n) is 15.6. The molecule has 1 atom stereocenters. The fourth-order valence-electron chi connectivity index (χ4n) is 3.78. The van der Waals surface area contributed by atoms with Crippen molar-refractivity contribution in [3.05, 3.63) is 29.5 Å². The van der Waals surface area contributed by atoms with Crippen molar-refractivity contribution >= 4 is 5.82 Å². The lowest BCUT2D eigenvalue weighted by atomic mass is 9.97. The minimum Gasteiger partial charge on any atom is -0.379 e. The van der Waals surface area contributed by atoms with Crippen molar-refractivity contribution in [2.75, 3.05) is 44.3 Å². The molecule has 0 unspecified atom stereocenters. The van der Waals surface area contributed by atoms with E-state index in [4.69, 9.17) is 4.74 Å². The lowest BCUT2D eigenvalue weighted by Gasteiger charge is -2.32. The van der Waals surface area contributed by atoms with E-state index in [1.807, 2.05) is 13.0 Å². The standard InChI is InChI=1S/C18H27N7O/c1-14-5-6-16(20-19-14)25-7-3-4-15(12-25)18-22-21-17(23(18)2)13-24-8-10-26-11-9-24/h5-6,15H,3-4,7-13H2,1-2H3/t15-/m1/s1. The molecule has 4 rings (SSSR count). The lowest BCUT2D eigenvalue weighted by Crippen LogP contribution is -2.37. The Labute approximate surface area is 154 Å². The fraction of sp³-hybridized carbons (Fsp3) is 0.667. The van der Waals surface area contributed by atoms with Crippen LogP contribution in [0, 0.1) is 6.92 Å². The summed E-state index contributed by atoms with van der Waals surface area (Å²) in [5, 5.41) is 17.6. The molecule has 2 aromatic rings. The van der Waals surface area contributed by atoms with Gasteiger partial charge in [-0.2, -0.15) is 5.10 Å². The Morgan fingerprint density at radius 3 is 2.69 bits per heavy atom. The summed E-state index contributed by atoms with van der Waals surface area (Å²) in [6.07, 6.45) is 2.27. The first kappa shape index (κ1) is 17.4. The number of aryl methyl sites for hydroxylation is 1. The summed E-state index contributed by atoms with van der Waals surface area (Å²) < 4.78 is 7.61. The number of hydrogen-bond acceptors (Lipinski definition) is 7. The molecule has 0 amide bonds. The number of nitrogens with zero attached hydrogens (tertiary/aromatic N) is 7. The molecule has 140 valence electrons. The van der Waals surface area contributed by atoms with Gasteiger partial charge in [0, 0.05) is 39.1 Å². The molecule has 0 radical (unpaired) electrons. The molecule has 2 aliphatic rings. The van der Waals surface area contributed by atoms with Crippen LogP contribution in [0.5, 0.6) is 0 Å². The second-order valence-electron chi connectivity index (χ2n) is 7.24. The molecule has 0 bridgehead atoms. The van der Waals surface area contributed by atoms with Gasteiger partial charge in [-0.05, 0) is 31.9 Å². The zero-order valence-corrected chi connectivity index (χ0v) is 15.6. The SMILES string of the molecule is Cc1ccc(N2CCC[C@@H](c3nnc(CN4CCOCC4)n3C)C2)nn1. The molecule has 8 heteroatoms. The Morgan fingerprint density at radius 1 is 1.08 bits per heavy atom. The van der Waals surface area contributed by atoms with Gasteiger partial charge in [-0.3, -0.25) is 4.90 Å². The minimum atomic E-state index is 0.378. The predicted octanol–water partition coefficient (Wildman–Crippen LogP) is 1.13. The average molecular weight is 357 g/mol. The number of anilines is 1. The summed E-state index contributed by atoms with van der Waals surface area (Å²) in [4.78, 5) is 4.70. The van der Waals surface area contributed by atoms with E-state index >= 15 is 0 Å². The van der Waals surface area contributed by atoms with E-state index in [0.29, 0.717) is 5.92 Å². The molecule has 0 N–H and O–H groups in total.